The van der Waals surface area contributed by atoms with Crippen LogP contribution in [0.1, 0.15) is 16.9 Å². The van der Waals surface area contributed by atoms with Crippen molar-refractivity contribution in [3.63, 3.8) is 0 Å². The molecule has 0 unspecified atom stereocenters. The minimum atomic E-state index is -0.304. The van der Waals surface area contributed by atoms with E-state index in [0.29, 0.717) is 31.3 Å². The lowest BCUT2D eigenvalue weighted by Gasteiger charge is -2.09. The fraction of sp³-hybridized carbons (Fsp3) is 0.200. The number of benzene rings is 1. The molecule has 7 heteroatoms. The van der Waals surface area contributed by atoms with Crippen molar-refractivity contribution in [2.75, 3.05) is 12.4 Å². The van der Waals surface area contributed by atoms with Crippen molar-refractivity contribution in [1.29, 1.82) is 0 Å². The molecule has 0 saturated carbocycles. The molecule has 0 aliphatic heterocycles. The fourth-order valence-electron chi connectivity index (χ4n) is 2.43. The number of aromatic nitrogens is 1. The van der Waals surface area contributed by atoms with E-state index in [-0.39, 0.29) is 6.03 Å². The molecule has 0 aliphatic carbocycles. The molecule has 0 atom stereocenters. The van der Waals surface area contributed by atoms with Crippen LogP contribution in [0.3, 0.4) is 0 Å². The van der Waals surface area contributed by atoms with Crippen molar-refractivity contribution in [2.24, 2.45) is 0 Å². The minimum absolute atomic E-state index is 0.304. The van der Waals surface area contributed by atoms with Crippen LogP contribution in [0.15, 0.2) is 65.4 Å². The summed E-state index contributed by atoms with van der Waals surface area (Å²) in [5.74, 6) is 1.28. The van der Waals surface area contributed by atoms with E-state index in [1.807, 2.05) is 36.4 Å². The van der Waals surface area contributed by atoms with Gasteiger partial charge < -0.3 is 24.5 Å². The average molecular weight is 367 g/mol. The zero-order chi connectivity index (χ0) is 18.9. The number of nitrogens with one attached hydrogen (secondary N) is 2. The van der Waals surface area contributed by atoms with E-state index in [9.17, 15) is 4.79 Å². The maximum Gasteiger partial charge on any atom is 0.319 e. The number of methoxy groups -OCH3 is 1. The number of amides is 2. The number of hydrogen-bond donors (Lipinski definition) is 2. The van der Waals surface area contributed by atoms with Gasteiger partial charge in [-0.1, -0.05) is 24.3 Å². The third kappa shape index (κ3) is 5.86. The second kappa shape index (κ2) is 9.40. The standard InChI is InChI=1S/C20H21N3O4/c1-25-19-8-7-17(12-21-19)23-20(24)22-11-15-4-2-5-16(10-15)13-26-14-18-6-3-9-27-18/h2-10,12H,11,13-14H2,1H3,(H2,22,23,24). The predicted molar refractivity (Wildman–Crippen MR) is 100 cm³/mol. The van der Waals surface area contributed by atoms with Crippen LogP contribution in [0.5, 0.6) is 5.88 Å². The molecule has 1 aromatic carbocycles. The molecule has 7 nitrogen and oxygen atoms in total. The monoisotopic (exact) mass is 367 g/mol. The van der Waals surface area contributed by atoms with Gasteiger partial charge in [-0.3, -0.25) is 0 Å². The largest absolute Gasteiger partial charge is 0.481 e. The normalized spacial score (nSPS) is 10.4. The van der Waals surface area contributed by atoms with Gasteiger partial charge in [0.1, 0.15) is 12.4 Å². The van der Waals surface area contributed by atoms with E-state index < -0.39 is 0 Å². The van der Waals surface area contributed by atoms with Gasteiger partial charge in [-0.2, -0.15) is 0 Å². The highest BCUT2D eigenvalue weighted by molar-refractivity contribution is 5.88. The first-order valence-electron chi connectivity index (χ1n) is 8.46. The molecule has 2 heterocycles. The number of furan rings is 1. The van der Waals surface area contributed by atoms with Gasteiger partial charge in [0.25, 0.3) is 0 Å². The number of anilines is 1. The molecule has 2 N–H and O–H groups in total. The highest BCUT2D eigenvalue weighted by Crippen LogP contribution is 2.11. The number of ether oxygens (including phenoxy) is 2. The molecule has 3 aromatic rings. The van der Waals surface area contributed by atoms with Crippen LogP contribution < -0.4 is 15.4 Å². The number of pyridine rings is 1. The first-order chi connectivity index (χ1) is 13.2. The fourth-order valence-corrected chi connectivity index (χ4v) is 2.43. The Labute approximate surface area is 157 Å². The molecular weight excluding hydrogens is 346 g/mol. The Bertz CT molecular complexity index is 848. The van der Waals surface area contributed by atoms with Gasteiger partial charge in [-0.15, -0.1) is 0 Å². The Morgan fingerprint density at radius 3 is 2.74 bits per heavy atom. The molecule has 27 heavy (non-hydrogen) atoms. The Morgan fingerprint density at radius 2 is 2.00 bits per heavy atom. The summed E-state index contributed by atoms with van der Waals surface area (Å²) in [6.07, 6.45) is 3.16. The topological polar surface area (TPSA) is 85.6 Å². The van der Waals surface area contributed by atoms with Crippen LogP contribution in [0.4, 0.5) is 10.5 Å². The summed E-state index contributed by atoms with van der Waals surface area (Å²) in [6, 6.07) is 14.7. The lowest BCUT2D eigenvalue weighted by Crippen LogP contribution is -2.28. The smallest absolute Gasteiger partial charge is 0.319 e. The average Bonchev–Trinajstić information content (AvgIpc) is 3.21. The number of rotatable bonds is 8. The quantitative estimate of drug-likeness (QED) is 0.634. The molecule has 0 radical (unpaired) electrons. The van der Waals surface area contributed by atoms with Gasteiger partial charge in [0.15, 0.2) is 0 Å². The Morgan fingerprint density at radius 1 is 1.11 bits per heavy atom. The first kappa shape index (κ1) is 18.5. The number of nitrogens with zero attached hydrogens (tertiary/aromatic N) is 1. The summed E-state index contributed by atoms with van der Waals surface area (Å²) in [7, 11) is 1.54. The molecule has 0 bridgehead atoms. The van der Waals surface area contributed by atoms with Gasteiger partial charge in [-0.25, -0.2) is 9.78 Å². The third-order valence-electron chi connectivity index (χ3n) is 3.74. The van der Waals surface area contributed by atoms with Crippen LogP contribution in [0.25, 0.3) is 0 Å². The van der Waals surface area contributed by atoms with Gasteiger partial charge >= 0.3 is 6.03 Å². The molecule has 3 rings (SSSR count). The van der Waals surface area contributed by atoms with Crippen molar-refractivity contribution in [3.05, 3.63) is 77.9 Å². The summed E-state index contributed by atoms with van der Waals surface area (Å²) in [4.78, 5) is 16.1. The van der Waals surface area contributed by atoms with E-state index in [1.54, 1.807) is 18.4 Å². The minimum Gasteiger partial charge on any atom is -0.481 e. The number of carbonyl (C=O) groups excluding carboxylic acids is 1. The second-order valence-electron chi connectivity index (χ2n) is 5.79. The summed E-state index contributed by atoms with van der Waals surface area (Å²) in [5.41, 5.74) is 2.60. The summed E-state index contributed by atoms with van der Waals surface area (Å²) in [5, 5.41) is 5.54. The van der Waals surface area contributed by atoms with Crippen molar-refractivity contribution in [1.82, 2.24) is 10.3 Å². The van der Waals surface area contributed by atoms with E-state index >= 15 is 0 Å². The maximum atomic E-state index is 12.0. The number of hydrogen-bond acceptors (Lipinski definition) is 5. The highest BCUT2D eigenvalue weighted by atomic mass is 16.5. The van der Waals surface area contributed by atoms with Gasteiger partial charge in [-0.05, 0) is 29.3 Å². The SMILES string of the molecule is COc1ccc(NC(=O)NCc2cccc(COCc3ccco3)c2)cn1. The summed E-state index contributed by atoms with van der Waals surface area (Å²) in [6.45, 7) is 1.30. The van der Waals surface area contributed by atoms with Crippen molar-refractivity contribution in [3.8, 4) is 5.88 Å². The lowest BCUT2D eigenvalue weighted by molar-refractivity contribution is 0.0929. The lowest BCUT2D eigenvalue weighted by atomic mass is 10.1. The maximum absolute atomic E-state index is 12.0. The zero-order valence-electron chi connectivity index (χ0n) is 15.0. The predicted octanol–water partition coefficient (Wildman–Crippen LogP) is 3.72. The van der Waals surface area contributed by atoms with E-state index in [1.165, 1.54) is 13.3 Å². The van der Waals surface area contributed by atoms with Crippen molar-refractivity contribution in [2.45, 2.75) is 19.8 Å². The molecular formula is C20H21N3O4. The van der Waals surface area contributed by atoms with E-state index in [0.717, 1.165) is 16.9 Å². The van der Waals surface area contributed by atoms with Crippen LogP contribution in [0, 0.1) is 0 Å². The first-order valence-corrected chi connectivity index (χ1v) is 8.46. The van der Waals surface area contributed by atoms with Crippen LogP contribution >= 0.6 is 0 Å². The van der Waals surface area contributed by atoms with E-state index in [2.05, 4.69) is 15.6 Å². The Kier molecular flexibility index (Phi) is 6.43. The van der Waals surface area contributed by atoms with Crippen LogP contribution in [0.2, 0.25) is 0 Å². The van der Waals surface area contributed by atoms with Gasteiger partial charge in [0, 0.05) is 12.6 Å². The van der Waals surface area contributed by atoms with Crippen molar-refractivity contribution < 1.29 is 18.7 Å². The van der Waals surface area contributed by atoms with Gasteiger partial charge in [0.2, 0.25) is 5.88 Å². The summed E-state index contributed by atoms with van der Waals surface area (Å²) < 4.78 is 15.8. The Hall–Kier alpha value is -3.32. The van der Waals surface area contributed by atoms with Crippen LogP contribution in [-0.2, 0) is 24.5 Å². The number of urea groups is 1. The van der Waals surface area contributed by atoms with Gasteiger partial charge in [0.05, 0.1) is 31.9 Å². The molecule has 140 valence electrons. The van der Waals surface area contributed by atoms with E-state index in [4.69, 9.17) is 13.9 Å². The molecule has 0 saturated heterocycles. The second-order valence-corrected chi connectivity index (χ2v) is 5.79. The molecule has 2 amide bonds. The third-order valence-corrected chi connectivity index (χ3v) is 3.74. The summed E-state index contributed by atoms with van der Waals surface area (Å²) >= 11 is 0. The van der Waals surface area contributed by atoms with Crippen molar-refractivity contribution >= 4 is 11.7 Å². The number of carbonyl (C=O) groups is 1. The zero-order valence-corrected chi connectivity index (χ0v) is 15.0. The Balaban J connectivity index is 1.44. The molecule has 0 spiro atoms. The molecule has 2 aromatic heterocycles. The molecule has 0 fully saturated rings. The molecule has 0 aliphatic rings. The van der Waals surface area contributed by atoms with Crippen LogP contribution in [-0.4, -0.2) is 18.1 Å². The highest BCUT2D eigenvalue weighted by Gasteiger charge is 2.04.